The van der Waals surface area contributed by atoms with Crippen LogP contribution < -0.4 is 77.7 Å². The van der Waals surface area contributed by atoms with E-state index in [1.807, 2.05) is 112 Å². The minimum atomic E-state index is -4.46. The van der Waals surface area contributed by atoms with Gasteiger partial charge in [-0.05, 0) is 128 Å². The molecule has 0 saturated carbocycles. The number of methoxy groups -OCH3 is 1. The first-order valence-electron chi connectivity index (χ1n) is 32.0. The number of aryl methyl sites for hydroxylation is 3. The molecule has 4 aliphatic rings. The van der Waals surface area contributed by atoms with Gasteiger partial charge in [-0.2, -0.15) is 51.8 Å². The number of rotatable bonds is 15. The van der Waals surface area contributed by atoms with Crippen molar-refractivity contribution < 1.29 is 46.3 Å². The molecule has 0 unspecified atom stereocenters. The second-order valence-corrected chi connectivity index (χ2v) is 23.1. The Morgan fingerprint density at radius 2 is 0.777 bits per heavy atom. The summed E-state index contributed by atoms with van der Waals surface area (Å²) >= 11 is 0. The molecule has 0 amide bonds. The Morgan fingerprint density at radius 1 is 0.408 bits per heavy atom. The first kappa shape index (κ1) is 68.3. The van der Waals surface area contributed by atoms with Crippen molar-refractivity contribution in [3.8, 4) is 52.0 Å². The molecule has 0 bridgehead atoms. The van der Waals surface area contributed by atoms with E-state index >= 15 is 0 Å². The predicted molar refractivity (Wildman–Crippen MR) is 377 cm³/mol. The van der Waals surface area contributed by atoms with Gasteiger partial charge in [0.2, 0.25) is 66.9 Å². The van der Waals surface area contributed by atoms with Gasteiger partial charge in [0.1, 0.15) is 0 Å². The molecule has 12 heterocycles. The molecule has 16 rings (SSSR count). The van der Waals surface area contributed by atoms with E-state index in [0.717, 1.165) is 96.8 Å². The lowest BCUT2D eigenvalue weighted by molar-refractivity contribution is -0.137. The van der Waals surface area contributed by atoms with Crippen molar-refractivity contribution in [1.29, 1.82) is 0 Å². The number of hydrogen-bond donors (Lipinski definition) is 8. The van der Waals surface area contributed by atoms with Gasteiger partial charge in [-0.1, -0.05) is 18.2 Å². The lowest BCUT2D eigenvalue weighted by atomic mass is 10.2. The van der Waals surface area contributed by atoms with Crippen LogP contribution in [0.5, 0.6) is 28.7 Å². The van der Waals surface area contributed by atoms with Gasteiger partial charge in [-0.25, -0.2) is 19.9 Å². The molecule has 4 aliphatic heterocycles. The third kappa shape index (κ3) is 16.7. The highest BCUT2D eigenvalue weighted by Gasteiger charge is 2.31. The van der Waals surface area contributed by atoms with Gasteiger partial charge < -0.3 is 87.2 Å². The first-order chi connectivity index (χ1) is 49.9. The normalized spacial score (nSPS) is 13.5. The van der Waals surface area contributed by atoms with Crippen LogP contribution in [0.1, 0.15) is 22.3 Å². The quantitative estimate of drug-likeness (QED) is 0.0474. The topological polar surface area (TPSA) is 398 Å². The number of nitrogen functional groups attached to an aromatic ring is 4. The third-order valence-corrected chi connectivity index (χ3v) is 15.7. The van der Waals surface area contributed by atoms with E-state index in [1.165, 1.54) is 30.5 Å². The fourth-order valence-corrected chi connectivity index (χ4v) is 10.5. The van der Waals surface area contributed by atoms with Crippen LogP contribution in [0.4, 0.5) is 94.9 Å². The fraction of sp³-hybridized carbons (Fsp3) is 0.224. The van der Waals surface area contributed by atoms with Crippen molar-refractivity contribution in [1.82, 2.24) is 79.0 Å². The van der Waals surface area contributed by atoms with Crippen LogP contribution in [0, 0.1) is 20.8 Å². The van der Waals surface area contributed by atoms with Crippen LogP contribution >= 0.6 is 0 Å². The largest absolute Gasteiger partial charge is 0.493 e. The Labute approximate surface area is 585 Å². The van der Waals surface area contributed by atoms with Gasteiger partial charge in [0.15, 0.2) is 46.3 Å². The van der Waals surface area contributed by atoms with E-state index in [0.29, 0.717) is 77.2 Å². The molecule has 12 N–H and O–H groups in total. The molecular weight excluding hydrogens is 1340 g/mol. The Kier molecular flexibility index (Phi) is 20.2. The molecule has 2 fully saturated rings. The summed E-state index contributed by atoms with van der Waals surface area (Å²) in [5, 5.41) is 29.6. The maximum Gasteiger partial charge on any atom is 0.417 e. The number of ether oxygens (including phenoxy) is 7. The van der Waals surface area contributed by atoms with E-state index in [2.05, 4.69) is 103 Å². The molecule has 0 atom stereocenters. The molecule has 0 spiro atoms. The summed E-state index contributed by atoms with van der Waals surface area (Å²) in [5.74, 6) is 7.24. The molecule has 2 saturated heterocycles. The summed E-state index contributed by atoms with van der Waals surface area (Å²) in [6, 6.07) is 38.4. The lowest BCUT2D eigenvalue weighted by Crippen LogP contribution is -2.36. The molecule has 0 aliphatic carbocycles. The number of nitrogens with one attached hydrogen (secondary N) is 4. The Bertz CT molecular complexity index is 4840. The molecule has 0 radical (unpaired) electrons. The number of alkyl halides is 3. The van der Waals surface area contributed by atoms with Crippen LogP contribution in [0.15, 0.2) is 152 Å². The summed E-state index contributed by atoms with van der Waals surface area (Å²) in [5.41, 5.74) is 31.4. The van der Waals surface area contributed by atoms with Gasteiger partial charge in [-0.3, -0.25) is 0 Å². The summed E-state index contributed by atoms with van der Waals surface area (Å²) in [7, 11) is 1.56. The van der Waals surface area contributed by atoms with Gasteiger partial charge in [0.25, 0.3) is 0 Å². The monoisotopic (exact) mass is 1410 g/mol. The van der Waals surface area contributed by atoms with Gasteiger partial charge in [-0.15, -0.1) is 20.4 Å². The lowest BCUT2D eigenvalue weighted by Gasteiger charge is -2.28. The number of aromatic nitrogens is 16. The molecule has 103 heavy (non-hydrogen) atoms. The van der Waals surface area contributed by atoms with Crippen LogP contribution in [0.2, 0.25) is 0 Å². The summed E-state index contributed by atoms with van der Waals surface area (Å²) < 4.78 is 81.1. The highest BCUT2D eigenvalue weighted by Crippen LogP contribution is 2.44. The van der Waals surface area contributed by atoms with E-state index in [9.17, 15) is 13.2 Å². The molecule has 36 heteroatoms. The second kappa shape index (κ2) is 30.5. The predicted octanol–water partition coefficient (Wildman–Crippen LogP) is 9.04. The van der Waals surface area contributed by atoms with Crippen molar-refractivity contribution in [2.24, 2.45) is 0 Å². The zero-order chi connectivity index (χ0) is 71.6. The number of pyridine rings is 4. The number of nitrogens with two attached hydrogens (primary N) is 4. The van der Waals surface area contributed by atoms with Crippen LogP contribution in [0.3, 0.4) is 0 Å². The SMILES string of the molecule is COc1cc(Nc2nc(N)n(-c3ccc(C)cn3)n2)cc2c1OCO2.Cc1ccc(-n2nc(Nc3ccc(N4CCOCC4)cc3)nc2N)nc1.Cc1ccc(-n2nc(Nc3ccc4c(c3)OCO4)nc2N)nc1.Nc1nc(Nc2ccc(N3CCOCC3)cc2)nn1-c1ccc(C(F)(F)F)cn1. The van der Waals surface area contributed by atoms with E-state index in [4.69, 9.17) is 56.1 Å². The maximum absolute atomic E-state index is 12.7. The zero-order valence-corrected chi connectivity index (χ0v) is 55.9. The number of benzene rings is 4. The van der Waals surface area contributed by atoms with Crippen LogP contribution in [-0.2, 0) is 15.7 Å². The summed E-state index contributed by atoms with van der Waals surface area (Å²) in [6.07, 6.45) is 1.54. The Hall–Kier alpha value is -13.3. The molecule has 33 nitrogen and oxygen atoms in total. The highest BCUT2D eigenvalue weighted by molar-refractivity contribution is 5.67. The fourth-order valence-electron chi connectivity index (χ4n) is 10.5. The van der Waals surface area contributed by atoms with E-state index in [1.54, 1.807) is 37.8 Å². The zero-order valence-electron chi connectivity index (χ0n) is 55.9. The van der Waals surface area contributed by atoms with Gasteiger partial charge in [0.05, 0.1) is 39.1 Å². The third-order valence-electron chi connectivity index (χ3n) is 15.7. The number of hydrogen-bond acceptors (Lipinski definition) is 29. The van der Waals surface area contributed by atoms with Crippen molar-refractivity contribution >= 4 is 81.7 Å². The minimum absolute atomic E-state index is 0.00435. The van der Waals surface area contributed by atoms with Crippen molar-refractivity contribution in [2.75, 3.05) is 127 Å². The minimum Gasteiger partial charge on any atom is -0.493 e. The number of halogens is 3. The maximum atomic E-state index is 12.7. The van der Waals surface area contributed by atoms with Gasteiger partial charge >= 0.3 is 6.18 Å². The molecule has 4 aromatic carbocycles. The van der Waals surface area contributed by atoms with Crippen molar-refractivity contribution in [3.63, 3.8) is 0 Å². The Morgan fingerprint density at radius 3 is 1.17 bits per heavy atom. The summed E-state index contributed by atoms with van der Waals surface area (Å²) in [4.78, 5) is 38.0. The number of fused-ring (bicyclic) bond motifs is 2. The van der Waals surface area contributed by atoms with Crippen LogP contribution in [-0.4, -0.2) is 152 Å². The van der Waals surface area contributed by atoms with Gasteiger partial charge in [0, 0.05) is 103 Å². The first-order valence-corrected chi connectivity index (χ1v) is 32.0. The van der Waals surface area contributed by atoms with Crippen LogP contribution in [0.25, 0.3) is 23.3 Å². The number of nitrogens with zero attached hydrogens (tertiary/aromatic N) is 18. The van der Waals surface area contributed by atoms with E-state index in [-0.39, 0.29) is 49.1 Å². The van der Waals surface area contributed by atoms with E-state index < -0.39 is 11.7 Å². The molecule has 8 aromatic heterocycles. The Balaban J connectivity index is 0.000000123. The average Bonchev–Trinajstić information content (AvgIpc) is 1.69. The average molecular weight is 1410 g/mol. The smallest absolute Gasteiger partial charge is 0.417 e. The molecular formula is C67H69F3N26O7. The molecule has 530 valence electrons. The van der Waals surface area contributed by atoms with Crippen molar-refractivity contribution in [3.05, 3.63) is 174 Å². The standard InChI is InChI=1S/C18H18F3N7O.C18H21N7O.C16H16N6O3.C15H14N6O2/c19-18(20,21)12-1-6-15(23-11-12)28-16(22)25-17(26-28)24-13-2-4-14(5-3-13)27-7-9-29-10-8-27;1-13-2-7-16(20-12-13)25-17(19)22-18(23-25)21-14-3-5-15(6-4-14)24-8-10-26-11-9-24;1-9-3-4-13(18-7-9)22-15(17)20-16(21-22)19-10-5-11(23-2)14-12(6-10)24-8-25-14;1-9-2-5-13(17-7-9)21-14(16)19-15(20-21)18-10-3-4-11-12(6-10)23-8-22-11/h1-6,11H,7-10H2,(H3,22,24,25,26);2-7,12H,8-11H2,1H3,(H3,19,21,22,23);3-7H,8H2,1-2H3,(H3,17,19,20,21);2-7H,8H2,1H3,(H3,16,18,19,20). The number of morpholine rings is 2. The summed E-state index contributed by atoms with van der Waals surface area (Å²) in [6.45, 7) is 12.8. The number of anilines is 14. The second-order valence-electron chi connectivity index (χ2n) is 23.1. The van der Waals surface area contributed by atoms with Crippen molar-refractivity contribution in [2.45, 2.75) is 26.9 Å². The molecule has 12 aromatic rings. The highest BCUT2D eigenvalue weighted by atomic mass is 19.4.